The predicted octanol–water partition coefficient (Wildman–Crippen LogP) is 0.498. The molecule has 1 rings (SSSR count). The fraction of sp³-hybridized carbons (Fsp3) is 0.818. The summed E-state index contributed by atoms with van der Waals surface area (Å²) in [6.45, 7) is 4.42. The first-order chi connectivity index (χ1) is 7.44. The minimum absolute atomic E-state index is 0.0399. The van der Waals surface area contributed by atoms with E-state index in [1.54, 1.807) is 6.92 Å². The minimum atomic E-state index is -0.894. The maximum atomic E-state index is 11.9. The lowest BCUT2D eigenvalue weighted by Crippen LogP contribution is -2.58. The van der Waals surface area contributed by atoms with Crippen LogP contribution in [0.5, 0.6) is 0 Å². The normalized spacial score (nSPS) is 27.1. The van der Waals surface area contributed by atoms with E-state index in [4.69, 9.17) is 5.11 Å². The van der Waals surface area contributed by atoms with Gasteiger partial charge in [-0.15, -0.1) is 0 Å². The zero-order chi connectivity index (χ0) is 12.2. The Hall–Kier alpha value is -1.10. The maximum absolute atomic E-state index is 11.9. The molecule has 3 N–H and O–H groups in total. The quantitative estimate of drug-likeness (QED) is 0.654. The van der Waals surface area contributed by atoms with Crippen LogP contribution in [0, 0.1) is 0 Å². The lowest BCUT2D eigenvalue weighted by molar-refractivity contribution is -0.137. The maximum Gasteiger partial charge on any atom is 0.305 e. The summed E-state index contributed by atoms with van der Waals surface area (Å²) in [6, 6.07) is -0.328. The summed E-state index contributed by atoms with van der Waals surface area (Å²) in [5, 5.41) is 14.5. The average molecular weight is 228 g/mol. The van der Waals surface area contributed by atoms with Crippen molar-refractivity contribution in [3.8, 4) is 0 Å². The first-order valence-electron chi connectivity index (χ1n) is 5.72. The van der Waals surface area contributed by atoms with E-state index in [2.05, 4.69) is 10.6 Å². The number of carbonyl (C=O) groups is 2. The second kappa shape index (κ2) is 5.30. The van der Waals surface area contributed by atoms with Crippen LogP contribution in [0.4, 0.5) is 0 Å². The van der Waals surface area contributed by atoms with E-state index in [1.165, 1.54) is 0 Å². The number of hydrogen-bond acceptors (Lipinski definition) is 3. The van der Waals surface area contributed by atoms with Crippen LogP contribution >= 0.6 is 0 Å². The fourth-order valence-corrected chi connectivity index (χ4v) is 1.95. The third kappa shape index (κ3) is 3.48. The van der Waals surface area contributed by atoms with Crippen LogP contribution in [-0.4, -0.2) is 35.1 Å². The van der Waals surface area contributed by atoms with Gasteiger partial charge in [-0.3, -0.25) is 9.59 Å². The highest BCUT2D eigenvalue weighted by Gasteiger charge is 2.34. The molecule has 0 bridgehead atoms. The van der Waals surface area contributed by atoms with E-state index in [0.717, 1.165) is 25.8 Å². The average Bonchev–Trinajstić information content (AvgIpc) is 2.17. The van der Waals surface area contributed by atoms with Gasteiger partial charge in [0.25, 0.3) is 0 Å². The fourth-order valence-electron chi connectivity index (χ4n) is 1.95. The molecule has 0 spiro atoms. The third-order valence-electron chi connectivity index (χ3n) is 2.98. The molecule has 0 aromatic carbocycles. The van der Waals surface area contributed by atoms with Gasteiger partial charge in [-0.2, -0.15) is 0 Å². The molecule has 5 nitrogen and oxygen atoms in total. The molecule has 0 saturated carbocycles. The van der Waals surface area contributed by atoms with E-state index >= 15 is 0 Å². The Bertz CT molecular complexity index is 272. The van der Waals surface area contributed by atoms with Gasteiger partial charge < -0.3 is 15.7 Å². The van der Waals surface area contributed by atoms with Crippen molar-refractivity contribution in [2.45, 2.75) is 51.1 Å². The molecule has 92 valence electrons. The molecular formula is C11H20N2O3. The lowest BCUT2D eigenvalue weighted by atomic mass is 9.90. The van der Waals surface area contributed by atoms with E-state index in [-0.39, 0.29) is 18.4 Å². The summed E-state index contributed by atoms with van der Waals surface area (Å²) in [7, 11) is 0. The molecule has 1 saturated heterocycles. The highest BCUT2D eigenvalue weighted by atomic mass is 16.4. The number of amides is 1. The molecular weight excluding hydrogens is 208 g/mol. The van der Waals surface area contributed by atoms with Crippen molar-refractivity contribution in [1.82, 2.24) is 10.6 Å². The summed E-state index contributed by atoms with van der Waals surface area (Å²) in [5.41, 5.74) is -0.537. The van der Waals surface area contributed by atoms with Crippen LogP contribution in [0.3, 0.4) is 0 Å². The topological polar surface area (TPSA) is 78.4 Å². The Balaban J connectivity index is 2.47. The monoisotopic (exact) mass is 228 g/mol. The molecule has 0 aliphatic carbocycles. The Labute approximate surface area is 95.6 Å². The van der Waals surface area contributed by atoms with E-state index in [0.29, 0.717) is 0 Å². The van der Waals surface area contributed by atoms with Crippen molar-refractivity contribution in [2.24, 2.45) is 0 Å². The summed E-state index contributed by atoms with van der Waals surface area (Å²) < 4.78 is 0. The number of nitrogens with one attached hydrogen (secondary N) is 2. The van der Waals surface area contributed by atoms with Gasteiger partial charge >= 0.3 is 5.97 Å². The summed E-state index contributed by atoms with van der Waals surface area (Å²) >= 11 is 0. The molecule has 1 amide bonds. The molecule has 16 heavy (non-hydrogen) atoms. The van der Waals surface area contributed by atoms with Crippen molar-refractivity contribution in [3.05, 3.63) is 0 Å². The Kier molecular flexibility index (Phi) is 4.29. The number of carboxylic acids is 1. The SMILES string of the molecule is CC(CC(=O)O)NC(=O)C1(C)CCCCN1. The first kappa shape index (κ1) is 13.0. The molecule has 0 aromatic rings. The summed E-state index contributed by atoms with van der Waals surface area (Å²) in [5.74, 6) is -0.990. The van der Waals surface area contributed by atoms with Crippen LogP contribution in [0.2, 0.25) is 0 Å². The highest BCUT2D eigenvalue weighted by Crippen LogP contribution is 2.18. The molecule has 0 radical (unpaired) electrons. The number of piperidine rings is 1. The molecule has 1 heterocycles. The number of carbonyl (C=O) groups excluding carboxylic acids is 1. The molecule has 1 aliphatic rings. The van der Waals surface area contributed by atoms with E-state index in [1.807, 2.05) is 6.92 Å². The van der Waals surface area contributed by atoms with Crippen molar-refractivity contribution in [2.75, 3.05) is 6.54 Å². The minimum Gasteiger partial charge on any atom is -0.481 e. The van der Waals surface area contributed by atoms with Crippen LogP contribution in [0.15, 0.2) is 0 Å². The standard InChI is InChI=1S/C11H20N2O3/c1-8(7-9(14)15)13-10(16)11(2)5-3-4-6-12-11/h8,12H,3-7H2,1-2H3,(H,13,16)(H,14,15). The summed E-state index contributed by atoms with van der Waals surface area (Å²) in [6.07, 6.45) is 2.89. The zero-order valence-electron chi connectivity index (χ0n) is 9.88. The smallest absolute Gasteiger partial charge is 0.305 e. The van der Waals surface area contributed by atoms with Crippen molar-refractivity contribution in [3.63, 3.8) is 0 Å². The molecule has 2 atom stereocenters. The molecule has 1 fully saturated rings. The first-order valence-corrected chi connectivity index (χ1v) is 5.72. The number of carboxylic acid groups (broad SMARTS) is 1. The van der Waals surface area contributed by atoms with Crippen LogP contribution in [-0.2, 0) is 9.59 Å². The summed E-state index contributed by atoms with van der Waals surface area (Å²) in [4.78, 5) is 22.4. The molecule has 1 aliphatic heterocycles. The van der Waals surface area contributed by atoms with Crippen molar-refractivity contribution in [1.29, 1.82) is 0 Å². The predicted molar refractivity (Wildman–Crippen MR) is 60.1 cm³/mol. The second-order valence-electron chi connectivity index (χ2n) is 4.69. The van der Waals surface area contributed by atoms with Gasteiger partial charge in [0, 0.05) is 6.04 Å². The van der Waals surface area contributed by atoms with Crippen LogP contribution in [0.1, 0.15) is 39.5 Å². The Morgan fingerprint density at radius 3 is 2.69 bits per heavy atom. The van der Waals surface area contributed by atoms with Crippen molar-refractivity contribution < 1.29 is 14.7 Å². The lowest BCUT2D eigenvalue weighted by Gasteiger charge is -2.34. The van der Waals surface area contributed by atoms with Gasteiger partial charge in [0.05, 0.1) is 12.0 Å². The van der Waals surface area contributed by atoms with Gasteiger partial charge in [0.2, 0.25) is 5.91 Å². The van der Waals surface area contributed by atoms with Gasteiger partial charge in [-0.05, 0) is 39.7 Å². The molecule has 5 heteroatoms. The van der Waals surface area contributed by atoms with Gasteiger partial charge in [0.1, 0.15) is 0 Å². The van der Waals surface area contributed by atoms with Crippen LogP contribution < -0.4 is 10.6 Å². The van der Waals surface area contributed by atoms with Gasteiger partial charge in [-0.25, -0.2) is 0 Å². The molecule has 2 unspecified atom stereocenters. The third-order valence-corrected chi connectivity index (χ3v) is 2.98. The number of aliphatic carboxylic acids is 1. The number of hydrogen-bond donors (Lipinski definition) is 3. The second-order valence-corrected chi connectivity index (χ2v) is 4.69. The highest BCUT2D eigenvalue weighted by molar-refractivity contribution is 5.86. The largest absolute Gasteiger partial charge is 0.481 e. The zero-order valence-corrected chi connectivity index (χ0v) is 9.88. The van der Waals surface area contributed by atoms with E-state index < -0.39 is 11.5 Å². The van der Waals surface area contributed by atoms with Crippen LogP contribution in [0.25, 0.3) is 0 Å². The Morgan fingerprint density at radius 2 is 2.19 bits per heavy atom. The number of rotatable bonds is 4. The van der Waals surface area contributed by atoms with Gasteiger partial charge in [0.15, 0.2) is 0 Å². The van der Waals surface area contributed by atoms with E-state index in [9.17, 15) is 9.59 Å². The van der Waals surface area contributed by atoms with Crippen molar-refractivity contribution >= 4 is 11.9 Å². The van der Waals surface area contributed by atoms with Gasteiger partial charge in [-0.1, -0.05) is 0 Å². The Morgan fingerprint density at radius 1 is 1.50 bits per heavy atom. The molecule has 0 aromatic heterocycles.